The molecule has 0 atom stereocenters. The molecule has 0 amide bonds. The number of methoxy groups -OCH3 is 1. The van der Waals surface area contributed by atoms with Crippen molar-refractivity contribution >= 4 is 16.6 Å². The highest BCUT2D eigenvalue weighted by atomic mass is 16.5. The summed E-state index contributed by atoms with van der Waals surface area (Å²) in [4.78, 5) is 4.61. The fourth-order valence-electron chi connectivity index (χ4n) is 3.05. The zero-order valence-corrected chi connectivity index (χ0v) is 12.3. The maximum Gasteiger partial charge on any atom is 0.119 e. The van der Waals surface area contributed by atoms with E-state index >= 15 is 0 Å². The van der Waals surface area contributed by atoms with E-state index in [2.05, 4.69) is 29.4 Å². The molecule has 0 aliphatic heterocycles. The number of anilines is 1. The highest BCUT2D eigenvalue weighted by molar-refractivity contribution is 5.92. The Bertz CT molecular complexity index is 603. The molecule has 1 aromatic carbocycles. The number of pyridine rings is 1. The van der Waals surface area contributed by atoms with Crippen LogP contribution in [0.5, 0.6) is 5.75 Å². The maximum atomic E-state index is 5.34. The van der Waals surface area contributed by atoms with Crippen molar-refractivity contribution in [2.45, 2.75) is 45.1 Å². The molecule has 1 N–H and O–H groups in total. The standard InChI is InChI=1S/C17H22N2O/c1-12-10-17(19-13-6-4-3-5-7-13)15-11-14(20-2)8-9-16(15)18-12/h8-11,13H,3-7H2,1-2H3,(H,18,19). The van der Waals surface area contributed by atoms with Crippen molar-refractivity contribution in [3.8, 4) is 5.75 Å². The summed E-state index contributed by atoms with van der Waals surface area (Å²) in [6.07, 6.45) is 6.59. The number of nitrogens with zero attached hydrogens (tertiary/aromatic N) is 1. The Morgan fingerprint density at radius 3 is 2.70 bits per heavy atom. The molecule has 1 fully saturated rings. The van der Waals surface area contributed by atoms with Gasteiger partial charge in [-0.1, -0.05) is 19.3 Å². The lowest BCUT2D eigenvalue weighted by molar-refractivity contribution is 0.415. The number of aryl methyl sites for hydroxylation is 1. The van der Waals surface area contributed by atoms with E-state index in [1.807, 2.05) is 12.1 Å². The van der Waals surface area contributed by atoms with Crippen molar-refractivity contribution in [1.82, 2.24) is 4.98 Å². The number of ether oxygens (including phenoxy) is 1. The van der Waals surface area contributed by atoms with Crippen LogP contribution in [0.2, 0.25) is 0 Å². The van der Waals surface area contributed by atoms with Crippen molar-refractivity contribution in [3.63, 3.8) is 0 Å². The minimum absolute atomic E-state index is 0.597. The summed E-state index contributed by atoms with van der Waals surface area (Å²) < 4.78 is 5.34. The summed E-state index contributed by atoms with van der Waals surface area (Å²) in [5, 5.41) is 4.87. The van der Waals surface area contributed by atoms with Gasteiger partial charge in [-0.25, -0.2) is 0 Å². The van der Waals surface area contributed by atoms with Gasteiger partial charge in [0.25, 0.3) is 0 Å². The second-order valence-corrected chi connectivity index (χ2v) is 5.67. The minimum atomic E-state index is 0.597. The SMILES string of the molecule is COc1ccc2nc(C)cc(NC3CCCCC3)c2c1. The molecular formula is C17H22N2O. The molecule has 1 heterocycles. The van der Waals surface area contributed by atoms with Gasteiger partial charge in [0.05, 0.1) is 12.6 Å². The van der Waals surface area contributed by atoms with E-state index in [1.54, 1.807) is 7.11 Å². The predicted octanol–water partition coefficient (Wildman–Crippen LogP) is 4.30. The molecule has 0 bridgehead atoms. The molecule has 1 aliphatic rings. The van der Waals surface area contributed by atoms with E-state index in [1.165, 1.54) is 37.8 Å². The van der Waals surface area contributed by atoms with Gasteiger partial charge in [-0.2, -0.15) is 0 Å². The van der Waals surface area contributed by atoms with Crippen molar-refractivity contribution in [2.75, 3.05) is 12.4 Å². The summed E-state index contributed by atoms with van der Waals surface area (Å²) in [6.45, 7) is 2.05. The molecule has 1 aliphatic carbocycles. The fourth-order valence-corrected chi connectivity index (χ4v) is 3.05. The van der Waals surface area contributed by atoms with E-state index in [4.69, 9.17) is 4.74 Å². The molecule has 0 radical (unpaired) electrons. The van der Waals surface area contributed by atoms with Gasteiger partial charge in [-0.3, -0.25) is 4.98 Å². The van der Waals surface area contributed by atoms with E-state index in [9.17, 15) is 0 Å². The van der Waals surface area contributed by atoms with Crippen LogP contribution in [0.25, 0.3) is 10.9 Å². The van der Waals surface area contributed by atoms with Crippen LogP contribution < -0.4 is 10.1 Å². The molecule has 3 heteroatoms. The molecule has 1 saturated carbocycles. The first-order chi connectivity index (χ1) is 9.76. The molecule has 3 rings (SSSR count). The predicted molar refractivity (Wildman–Crippen MR) is 83.5 cm³/mol. The van der Waals surface area contributed by atoms with Gasteiger partial charge in [-0.15, -0.1) is 0 Å². The number of hydrogen-bond donors (Lipinski definition) is 1. The molecule has 0 spiro atoms. The normalized spacial score (nSPS) is 16.3. The lowest BCUT2D eigenvalue weighted by atomic mass is 9.95. The summed E-state index contributed by atoms with van der Waals surface area (Å²) in [6, 6.07) is 8.83. The van der Waals surface area contributed by atoms with Crippen molar-refractivity contribution in [2.24, 2.45) is 0 Å². The number of rotatable bonds is 3. The van der Waals surface area contributed by atoms with Gasteiger partial charge in [0.15, 0.2) is 0 Å². The Kier molecular flexibility index (Phi) is 3.77. The second kappa shape index (κ2) is 5.70. The quantitative estimate of drug-likeness (QED) is 0.903. The highest BCUT2D eigenvalue weighted by Crippen LogP contribution is 2.29. The number of nitrogens with one attached hydrogen (secondary N) is 1. The molecule has 106 valence electrons. The zero-order valence-electron chi connectivity index (χ0n) is 12.3. The van der Waals surface area contributed by atoms with Crippen LogP contribution in [0.4, 0.5) is 5.69 Å². The topological polar surface area (TPSA) is 34.1 Å². The number of fused-ring (bicyclic) bond motifs is 1. The smallest absolute Gasteiger partial charge is 0.119 e. The Morgan fingerprint density at radius 2 is 1.95 bits per heavy atom. The maximum absolute atomic E-state index is 5.34. The summed E-state index contributed by atoms with van der Waals surface area (Å²) in [7, 11) is 1.71. The monoisotopic (exact) mass is 270 g/mol. The van der Waals surface area contributed by atoms with Crippen LogP contribution in [-0.2, 0) is 0 Å². The van der Waals surface area contributed by atoms with Gasteiger partial charge in [0.2, 0.25) is 0 Å². The third-order valence-corrected chi connectivity index (χ3v) is 4.11. The largest absolute Gasteiger partial charge is 0.497 e. The molecule has 1 aromatic heterocycles. The van der Waals surface area contributed by atoms with E-state index in [0.29, 0.717) is 6.04 Å². The molecule has 3 nitrogen and oxygen atoms in total. The highest BCUT2D eigenvalue weighted by Gasteiger charge is 2.15. The van der Waals surface area contributed by atoms with Gasteiger partial charge in [0.1, 0.15) is 5.75 Å². The number of aromatic nitrogens is 1. The Labute approximate surface area is 120 Å². The third-order valence-electron chi connectivity index (χ3n) is 4.11. The van der Waals surface area contributed by atoms with Crippen LogP contribution in [0.15, 0.2) is 24.3 Å². The third kappa shape index (κ3) is 2.72. The van der Waals surface area contributed by atoms with E-state index in [0.717, 1.165) is 22.3 Å². The molecular weight excluding hydrogens is 248 g/mol. The summed E-state index contributed by atoms with van der Waals surface area (Å²) in [5.41, 5.74) is 3.28. The van der Waals surface area contributed by atoms with Crippen LogP contribution >= 0.6 is 0 Å². The van der Waals surface area contributed by atoms with Gasteiger partial charge in [-0.05, 0) is 44.0 Å². The van der Waals surface area contributed by atoms with Crippen LogP contribution in [0, 0.1) is 6.92 Å². The molecule has 0 saturated heterocycles. The van der Waals surface area contributed by atoms with Gasteiger partial charge in [0, 0.05) is 22.8 Å². The van der Waals surface area contributed by atoms with Crippen LogP contribution in [0.1, 0.15) is 37.8 Å². The lowest BCUT2D eigenvalue weighted by Crippen LogP contribution is -2.22. The minimum Gasteiger partial charge on any atom is -0.497 e. The zero-order chi connectivity index (χ0) is 13.9. The molecule has 2 aromatic rings. The van der Waals surface area contributed by atoms with Gasteiger partial charge < -0.3 is 10.1 Å². The number of benzene rings is 1. The Balaban J connectivity index is 1.98. The van der Waals surface area contributed by atoms with Crippen molar-refractivity contribution in [3.05, 3.63) is 30.0 Å². The fraction of sp³-hybridized carbons (Fsp3) is 0.471. The Morgan fingerprint density at radius 1 is 1.15 bits per heavy atom. The number of hydrogen-bond acceptors (Lipinski definition) is 3. The second-order valence-electron chi connectivity index (χ2n) is 5.67. The Hall–Kier alpha value is -1.77. The van der Waals surface area contributed by atoms with Gasteiger partial charge >= 0.3 is 0 Å². The lowest BCUT2D eigenvalue weighted by Gasteiger charge is -2.24. The average Bonchev–Trinajstić information content (AvgIpc) is 2.48. The van der Waals surface area contributed by atoms with Crippen molar-refractivity contribution < 1.29 is 4.74 Å². The molecule has 20 heavy (non-hydrogen) atoms. The summed E-state index contributed by atoms with van der Waals surface area (Å²) in [5.74, 6) is 0.884. The van der Waals surface area contributed by atoms with E-state index in [-0.39, 0.29) is 0 Å². The first-order valence-electron chi connectivity index (χ1n) is 7.48. The van der Waals surface area contributed by atoms with Crippen LogP contribution in [0.3, 0.4) is 0 Å². The first kappa shape index (κ1) is 13.2. The first-order valence-corrected chi connectivity index (χ1v) is 7.48. The van der Waals surface area contributed by atoms with E-state index < -0.39 is 0 Å². The van der Waals surface area contributed by atoms with Crippen LogP contribution in [-0.4, -0.2) is 18.1 Å². The average molecular weight is 270 g/mol. The molecule has 0 unspecified atom stereocenters. The van der Waals surface area contributed by atoms with Crippen molar-refractivity contribution in [1.29, 1.82) is 0 Å². The summed E-state index contributed by atoms with van der Waals surface area (Å²) >= 11 is 0.